The van der Waals surface area contributed by atoms with Crippen molar-refractivity contribution in [3.8, 4) is 0 Å². The Balaban J connectivity index is 2.21. The number of thiazole rings is 1. The normalized spacial score (nSPS) is 12.0. The summed E-state index contributed by atoms with van der Waals surface area (Å²) in [6.45, 7) is 5.75. The summed E-state index contributed by atoms with van der Waals surface area (Å²) < 4.78 is 0. The number of rotatable bonds is 4. The molecule has 7 nitrogen and oxygen atoms in total. The largest absolute Gasteiger partial charge is 0.476 e. The molecule has 0 aliphatic carbocycles. The van der Waals surface area contributed by atoms with E-state index >= 15 is 0 Å². The highest BCUT2D eigenvalue weighted by Gasteiger charge is 2.23. The molecule has 0 bridgehead atoms. The van der Waals surface area contributed by atoms with E-state index in [-0.39, 0.29) is 23.3 Å². The van der Waals surface area contributed by atoms with E-state index in [0.29, 0.717) is 0 Å². The molecule has 2 rings (SSSR count). The number of carbonyl (C=O) groups excluding carboxylic acids is 1. The van der Waals surface area contributed by atoms with E-state index in [9.17, 15) is 9.59 Å². The second-order valence-electron chi connectivity index (χ2n) is 4.87. The van der Waals surface area contributed by atoms with E-state index in [1.165, 1.54) is 6.20 Å². The SMILES string of the molecule is Cc1nc(C)c(C(C)N(C)C(=O)c2cnc(C(=O)O)cn2)s1. The quantitative estimate of drug-likeness (QED) is 0.926. The molecule has 1 N–H and O–H groups in total. The van der Waals surface area contributed by atoms with Gasteiger partial charge in [0.05, 0.1) is 29.1 Å². The fourth-order valence-corrected chi connectivity index (χ4v) is 3.04. The van der Waals surface area contributed by atoms with Gasteiger partial charge in [-0.25, -0.2) is 19.7 Å². The molecule has 116 valence electrons. The van der Waals surface area contributed by atoms with Crippen LogP contribution in [-0.2, 0) is 0 Å². The van der Waals surface area contributed by atoms with Gasteiger partial charge in [0.2, 0.25) is 0 Å². The number of amides is 1. The highest BCUT2D eigenvalue weighted by Crippen LogP contribution is 2.28. The smallest absolute Gasteiger partial charge is 0.356 e. The summed E-state index contributed by atoms with van der Waals surface area (Å²) >= 11 is 1.55. The fraction of sp³-hybridized carbons (Fsp3) is 0.357. The van der Waals surface area contributed by atoms with E-state index in [4.69, 9.17) is 5.11 Å². The van der Waals surface area contributed by atoms with Gasteiger partial charge in [-0.3, -0.25) is 4.79 Å². The van der Waals surface area contributed by atoms with Crippen molar-refractivity contribution in [1.29, 1.82) is 0 Å². The summed E-state index contributed by atoms with van der Waals surface area (Å²) in [6.07, 6.45) is 2.26. The minimum Gasteiger partial charge on any atom is -0.476 e. The predicted octanol–water partition coefficient (Wildman–Crippen LogP) is 2.08. The molecule has 22 heavy (non-hydrogen) atoms. The van der Waals surface area contributed by atoms with E-state index in [1.54, 1.807) is 23.3 Å². The Labute approximate surface area is 131 Å². The lowest BCUT2D eigenvalue weighted by Gasteiger charge is -2.24. The Morgan fingerprint density at radius 3 is 2.27 bits per heavy atom. The van der Waals surface area contributed by atoms with Gasteiger partial charge in [0, 0.05) is 11.9 Å². The number of aryl methyl sites for hydroxylation is 2. The van der Waals surface area contributed by atoms with E-state index in [1.807, 2.05) is 20.8 Å². The number of hydrogen-bond acceptors (Lipinski definition) is 6. The number of carbonyl (C=O) groups is 2. The first kappa shape index (κ1) is 16.0. The zero-order chi connectivity index (χ0) is 16.4. The lowest BCUT2D eigenvalue weighted by atomic mass is 10.2. The highest BCUT2D eigenvalue weighted by atomic mass is 32.1. The van der Waals surface area contributed by atoms with Crippen LogP contribution in [0.15, 0.2) is 12.4 Å². The van der Waals surface area contributed by atoms with Crippen LogP contribution in [0.25, 0.3) is 0 Å². The Hall–Kier alpha value is -2.35. The van der Waals surface area contributed by atoms with Gasteiger partial charge in [0.15, 0.2) is 5.69 Å². The zero-order valence-electron chi connectivity index (χ0n) is 12.7. The van der Waals surface area contributed by atoms with Crippen molar-refractivity contribution in [1.82, 2.24) is 19.9 Å². The Kier molecular flexibility index (Phi) is 4.51. The molecule has 1 unspecified atom stereocenters. The van der Waals surface area contributed by atoms with Crippen molar-refractivity contribution in [2.75, 3.05) is 7.05 Å². The molecule has 0 aliphatic rings. The number of carboxylic acids is 1. The Morgan fingerprint density at radius 2 is 1.82 bits per heavy atom. The van der Waals surface area contributed by atoms with Crippen LogP contribution in [0, 0.1) is 13.8 Å². The maximum Gasteiger partial charge on any atom is 0.356 e. The van der Waals surface area contributed by atoms with Crippen molar-refractivity contribution in [3.63, 3.8) is 0 Å². The zero-order valence-corrected chi connectivity index (χ0v) is 13.5. The standard InChI is InChI=1S/C14H16N4O3S/c1-7-12(22-9(3)17-7)8(2)18(4)13(19)10-5-16-11(6-15-10)14(20)21/h5-6,8H,1-4H3,(H,20,21). The molecule has 2 aromatic rings. The number of aromatic nitrogens is 3. The average Bonchev–Trinajstić information content (AvgIpc) is 2.83. The predicted molar refractivity (Wildman–Crippen MR) is 81.1 cm³/mol. The molecule has 8 heteroatoms. The molecule has 2 heterocycles. The van der Waals surface area contributed by atoms with Gasteiger partial charge in [0.25, 0.3) is 5.91 Å². The van der Waals surface area contributed by atoms with Gasteiger partial charge in [0.1, 0.15) is 5.69 Å². The van der Waals surface area contributed by atoms with Crippen LogP contribution in [0.5, 0.6) is 0 Å². The van der Waals surface area contributed by atoms with Crippen molar-refractivity contribution in [2.45, 2.75) is 26.8 Å². The summed E-state index contributed by atoms with van der Waals surface area (Å²) in [7, 11) is 1.67. The van der Waals surface area contributed by atoms with Crippen LogP contribution in [0.2, 0.25) is 0 Å². The molecule has 1 atom stereocenters. The molecule has 0 spiro atoms. The molecular formula is C14H16N4O3S. The molecule has 0 saturated heterocycles. The first-order chi connectivity index (χ1) is 10.3. The molecular weight excluding hydrogens is 304 g/mol. The minimum absolute atomic E-state index is 0.109. The van der Waals surface area contributed by atoms with Gasteiger partial charge in [-0.1, -0.05) is 0 Å². The number of hydrogen-bond donors (Lipinski definition) is 1. The lowest BCUT2D eigenvalue weighted by molar-refractivity contribution is 0.0684. The lowest BCUT2D eigenvalue weighted by Crippen LogP contribution is -2.30. The first-order valence-corrected chi connectivity index (χ1v) is 7.39. The molecule has 0 aliphatic heterocycles. The number of nitrogens with zero attached hydrogens (tertiary/aromatic N) is 4. The van der Waals surface area contributed by atoms with Gasteiger partial charge < -0.3 is 10.0 Å². The maximum absolute atomic E-state index is 12.4. The number of aromatic carboxylic acids is 1. The topological polar surface area (TPSA) is 96.3 Å². The molecule has 0 aromatic carbocycles. The molecule has 0 radical (unpaired) electrons. The van der Waals surface area contributed by atoms with Gasteiger partial charge in [-0.15, -0.1) is 11.3 Å². The van der Waals surface area contributed by atoms with Crippen LogP contribution < -0.4 is 0 Å². The van der Waals surface area contributed by atoms with Crippen LogP contribution >= 0.6 is 11.3 Å². The van der Waals surface area contributed by atoms with Crippen molar-refractivity contribution >= 4 is 23.2 Å². The molecule has 0 saturated carbocycles. The summed E-state index contributed by atoms with van der Waals surface area (Å²) in [4.78, 5) is 37.7. The first-order valence-electron chi connectivity index (χ1n) is 6.57. The van der Waals surface area contributed by atoms with Crippen LogP contribution in [-0.4, -0.2) is 43.9 Å². The third-order valence-corrected chi connectivity index (χ3v) is 4.55. The molecule has 0 fully saturated rings. The maximum atomic E-state index is 12.4. The minimum atomic E-state index is -1.18. The molecule has 1 amide bonds. The molecule has 2 aromatic heterocycles. The van der Waals surface area contributed by atoms with E-state index < -0.39 is 5.97 Å². The van der Waals surface area contributed by atoms with Gasteiger partial charge in [-0.05, 0) is 20.8 Å². The summed E-state index contributed by atoms with van der Waals surface area (Å²) in [5.41, 5.74) is 0.821. The van der Waals surface area contributed by atoms with Crippen LogP contribution in [0.4, 0.5) is 0 Å². The van der Waals surface area contributed by atoms with Crippen molar-refractivity contribution in [2.24, 2.45) is 0 Å². The van der Waals surface area contributed by atoms with E-state index in [2.05, 4.69) is 15.0 Å². The third-order valence-electron chi connectivity index (χ3n) is 3.31. The van der Waals surface area contributed by atoms with E-state index in [0.717, 1.165) is 21.8 Å². The van der Waals surface area contributed by atoms with Crippen molar-refractivity contribution in [3.05, 3.63) is 39.4 Å². The second-order valence-corrected chi connectivity index (χ2v) is 6.10. The van der Waals surface area contributed by atoms with Crippen LogP contribution in [0.3, 0.4) is 0 Å². The Morgan fingerprint density at radius 1 is 1.23 bits per heavy atom. The summed E-state index contributed by atoms with van der Waals surface area (Å²) in [6, 6.07) is -0.153. The van der Waals surface area contributed by atoms with Gasteiger partial charge >= 0.3 is 5.97 Å². The average molecular weight is 320 g/mol. The summed E-state index contributed by atoms with van der Waals surface area (Å²) in [5, 5.41) is 9.74. The third kappa shape index (κ3) is 3.11. The Bertz CT molecular complexity index is 711. The summed E-state index contributed by atoms with van der Waals surface area (Å²) in [5.74, 6) is -1.49. The second kappa shape index (κ2) is 6.18. The van der Waals surface area contributed by atoms with Crippen molar-refractivity contribution < 1.29 is 14.7 Å². The van der Waals surface area contributed by atoms with Crippen LogP contribution in [0.1, 0.15) is 49.5 Å². The highest BCUT2D eigenvalue weighted by molar-refractivity contribution is 7.11. The van der Waals surface area contributed by atoms with Gasteiger partial charge in [-0.2, -0.15) is 0 Å². The number of carboxylic acid groups (broad SMARTS) is 1. The fourth-order valence-electron chi connectivity index (χ4n) is 2.02. The monoisotopic (exact) mass is 320 g/mol.